The van der Waals surface area contributed by atoms with Gasteiger partial charge in [0.15, 0.2) is 0 Å². The number of aryl methyl sites for hydroxylation is 1. The molecule has 1 heterocycles. The average molecular weight is 308 g/mol. The van der Waals surface area contributed by atoms with Gasteiger partial charge in [-0.25, -0.2) is 14.8 Å². The average Bonchev–Trinajstić information content (AvgIpc) is 2.35. The van der Waals surface area contributed by atoms with Crippen molar-refractivity contribution in [2.24, 2.45) is 0 Å². The maximum atomic E-state index is 11.5. The normalized spacial score (nSPS) is 11.4. The van der Waals surface area contributed by atoms with Gasteiger partial charge in [-0.2, -0.15) is 0 Å². The maximum Gasteiger partial charge on any atom is 0.407 e. The van der Waals surface area contributed by atoms with Crippen LogP contribution in [-0.2, 0) is 4.74 Å². The van der Waals surface area contributed by atoms with Crippen molar-refractivity contribution in [2.45, 2.75) is 59.5 Å². The molecule has 1 aromatic heterocycles. The lowest BCUT2D eigenvalue weighted by Crippen LogP contribution is -2.33. The molecular weight excluding hydrogens is 280 g/mol. The Bertz CT molecular complexity index is 495. The van der Waals surface area contributed by atoms with E-state index in [0.29, 0.717) is 25.0 Å². The van der Waals surface area contributed by atoms with Gasteiger partial charge in [0.1, 0.15) is 5.60 Å². The van der Waals surface area contributed by atoms with Gasteiger partial charge in [0.2, 0.25) is 5.95 Å². The monoisotopic (exact) mass is 308 g/mol. The predicted octanol–water partition coefficient (Wildman–Crippen LogP) is 3.24. The molecule has 6 heteroatoms. The Labute approximate surface area is 133 Å². The highest BCUT2D eigenvalue weighted by Gasteiger charge is 2.15. The van der Waals surface area contributed by atoms with Gasteiger partial charge >= 0.3 is 6.09 Å². The second-order valence-electron chi connectivity index (χ2n) is 6.62. The van der Waals surface area contributed by atoms with Gasteiger partial charge in [-0.3, -0.25) is 0 Å². The first-order chi connectivity index (χ1) is 10.2. The minimum Gasteiger partial charge on any atom is -0.444 e. The van der Waals surface area contributed by atoms with Crippen molar-refractivity contribution >= 4 is 12.0 Å². The van der Waals surface area contributed by atoms with Crippen LogP contribution in [0.4, 0.5) is 10.7 Å². The molecule has 0 aliphatic rings. The number of carbonyl (C=O) groups is 1. The molecule has 0 atom stereocenters. The fourth-order valence-electron chi connectivity index (χ4n) is 1.76. The van der Waals surface area contributed by atoms with Crippen LogP contribution < -0.4 is 10.6 Å². The zero-order chi connectivity index (χ0) is 16.8. The topological polar surface area (TPSA) is 76.1 Å². The molecule has 0 aliphatic carbocycles. The highest BCUT2D eigenvalue weighted by molar-refractivity contribution is 5.67. The van der Waals surface area contributed by atoms with Crippen LogP contribution in [0.1, 0.15) is 58.3 Å². The van der Waals surface area contributed by atoms with Crippen LogP contribution in [-0.4, -0.2) is 34.8 Å². The molecule has 0 unspecified atom stereocenters. The summed E-state index contributed by atoms with van der Waals surface area (Å²) in [5, 5.41) is 5.91. The minimum atomic E-state index is -0.467. The SMILES string of the molecule is Cc1cc(C(C)C)nc(NCCCNC(=O)OC(C)(C)C)n1. The van der Waals surface area contributed by atoms with Crippen molar-refractivity contribution in [3.05, 3.63) is 17.5 Å². The first-order valence-corrected chi connectivity index (χ1v) is 7.73. The summed E-state index contributed by atoms with van der Waals surface area (Å²) in [4.78, 5) is 20.3. The van der Waals surface area contributed by atoms with Crippen LogP contribution in [0, 0.1) is 6.92 Å². The first-order valence-electron chi connectivity index (χ1n) is 7.73. The Morgan fingerprint density at radius 1 is 1.27 bits per heavy atom. The zero-order valence-corrected chi connectivity index (χ0v) is 14.5. The number of anilines is 1. The van der Waals surface area contributed by atoms with Gasteiger partial charge in [-0.05, 0) is 46.1 Å². The molecule has 0 saturated carbocycles. The molecule has 0 fully saturated rings. The number of amides is 1. The Balaban J connectivity index is 2.32. The molecule has 0 bridgehead atoms. The molecule has 2 N–H and O–H groups in total. The molecule has 0 radical (unpaired) electrons. The summed E-state index contributed by atoms with van der Waals surface area (Å²) in [6, 6.07) is 2.00. The summed E-state index contributed by atoms with van der Waals surface area (Å²) < 4.78 is 5.17. The van der Waals surface area contributed by atoms with Gasteiger partial charge in [0.25, 0.3) is 0 Å². The van der Waals surface area contributed by atoms with Crippen LogP contribution in [0.5, 0.6) is 0 Å². The summed E-state index contributed by atoms with van der Waals surface area (Å²) in [6.45, 7) is 12.9. The summed E-state index contributed by atoms with van der Waals surface area (Å²) in [5.74, 6) is 1.01. The van der Waals surface area contributed by atoms with E-state index in [-0.39, 0.29) is 6.09 Å². The van der Waals surface area contributed by atoms with Gasteiger partial charge < -0.3 is 15.4 Å². The van der Waals surface area contributed by atoms with Crippen LogP contribution in [0.15, 0.2) is 6.07 Å². The van der Waals surface area contributed by atoms with Gasteiger partial charge in [0.05, 0.1) is 0 Å². The van der Waals surface area contributed by atoms with Crippen molar-refractivity contribution < 1.29 is 9.53 Å². The number of aromatic nitrogens is 2. The van der Waals surface area contributed by atoms with Crippen molar-refractivity contribution in [2.75, 3.05) is 18.4 Å². The molecule has 22 heavy (non-hydrogen) atoms. The number of nitrogens with zero attached hydrogens (tertiary/aromatic N) is 2. The number of carbonyl (C=O) groups excluding carboxylic acids is 1. The molecule has 1 amide bonds. The number of hydrogen-bond donors (Lipinski definition) is 2. The Morgan fingerprint density at radius 3 is 2.55 bits per heavy atom. The van der Waals surface area contributed by atoms with Crippen molar-refractivity contribution in [3.8, 4) is 0 Å². The number of nitrogens with one attached hydrogen (secondary N) is 2. The van der Waals surface area contributed by atoms with Crippen LogP contribution in [0.25, 0.3) is 0 Å². The largest absolute Gasteiger partial charge is 0.444 e. The Kier molecular flexibility index (Phi) is 6.59. The van der Waals surface area contributed by atoms with E-state index in [9.17, 15) is 4.79 Å². The fourth-order valence-corrected chi connectivity index (χ4v) is 1.76. The minimum absolute atomic E-state index is 0.371. The summed E-state index contributed by atoms with van der Waals surface area (Å²) >= 11 is 0. The standard InChI is InChI=1S/C16H28N4O2/c1-11(2)13-10-12(3)19-14(20-13)17-8-7-9-18-15(21)22-16(4,5)6/h10-11H,7-9H2,1-6H3,(H,18,21)(H,17,19,20). The smallest absolute Gasteiger partial charge is 0.407 e. The molecule has 1 aromatic rings. The number of ether oxygens (including phenoxy) is 1. The number of alkyl carbamates (subject to hydrolysis) is 1. The van der Waals surface area contributed by atoms with Gasteiger partial charge in [-0.15, -0.1) is 0 Å². The predicted molar refractivity (Wildman–Crippen MR) is 88.2 cm³/mol. The van der Waals surface area contributed by atoms with Crippen molar-refractivity contribution in [1.29, 1.82) is 0 Å². The summed E-state index contributed by atoms with van der Waals surface area (Å²) in [7, 11) is 0. The van der Waals surface area contributed by atoms with Crippen LogP contribution in [0.2, 0.25) is 0 Å². The van der Waals surface area contributed by atoms with Gasteiger partial charge in [-0.1, -0.05) is 13.8 Å². The summed E-state index contributed by atoms with van der Waals surface area (Å²) in [5.41, 5.74) is 1.51. The quantitative estimate of drug-likeness (QED) is 0.789. The van der Waals surface area contributed by atoms with E-state index >= 15 is 0 Å². The molecule has 0 aromatic carbocycles. The number of rotatable bonds is 6. The molecule has 1 rings (SSSR count). The van der Waals surface area contributed by atoms with E-state index in [2.05, 4.69) is 34.4 Å². The third kappa shape index (κ3) is 7.24. The molecular formula is C16H28N4O2. The Morgan fingerprint density at radius 2 is 1.95 bits per heavy atom. The first kappa shape index (κ1) is 18.2. The lowest BCUT2D eigenvalue weighted by molar-refractivity contribution is 0.0528. The third-order valence-corrected chi connectivity index (χ3v) is 2.77. The second kappa shape index (κ2) is 7.96. The number of hydrogen-bond acceptors (Lipinski definition) is 5. The molecule has 0 spiro atoms. The lowest BCUT2D eigenvalue weighted by Gasteiger charge is -2.19. The van der Waals surface area contributed by atoms with E-state index in [1.807, 2.05) is 33.8 Å². The van der Waals surface area contributed by atoms with E-state index in [4.69, 9.17) is 4.74 Å². The van der Waals surface area contributed by atoms with E-state index in [1.54, 1.807) is 0 Å². The van der Waals surface area contributed by atoms with Crippen LogP contribution in [0.3, 0.4) is 0 Å². The van der Waals surface area contributed by atoms with E-state index in [0.717, 1.165) is 17.8 Å². The molecule has 0 saturated heterocycles. The maximum absolute atomic E-state index is 11.5. The van der Waals surface area contributed by atoms with E-state index in [1.165, 1.54) is 0 Å². The fraction of sp³-hybridized carbons (Fsp3) is 0.688. The van der Waals surface area contributed by atoms with Crippen LogP contribution >= 0.6 is 0 Å². The zero-order valence-electron chi connectivity index (χ0n) is 14.5. The highest BCUT2D eigenvalue weighted by Crippen LogP contribution is 2.14. The molecule has 0 aliphatic heterocycles. The molecule has 124 valence electrons. The van der Waals surface area contributed by atoms with Crippen molar-refractivity contribution in [1.82, 2.24) is 15.3 Å². The Hall–Kier alpha value is -1.85. The molecule has 6 nitrogen and oxygen atoms in total. The van der Waals surface area contributed by atoms with Crippen molar-refractivity contribution in [3.63, 3.8) is 0 Å². The van der Waals surface area contributed by atoms with E-state index < -0.39 is 5.60 Å². The second-order valence-corrected chi connectivity index (χ2v) is 6.62. The third-order valence-electron chi connectivity index (χ3n) is 2.77. The summed E-state index contributed by atoms with van der Waals surface area (Å²) in [6.07, 6.45) is 0.384. The lowest BCUT2D eigenvalue weighted by atomic mass is 10.1. The highest BCUT2D eigenvalue weighted by atomic mass is 16.6. The van der Waals surface area contributed by atoms with Gasteiger partial charge in [0, 0.05) is 24.5 Å².